The first kappa shape index (κ1) is 27.3. The van der Waals surface area contributed by atoms with Crippen molar-refractivity contribution in [1.29, 1.82) is 0 Å². The molecule has 0 bridgehead atoms. The minimum atomic E-state index is -1.19. The highest BCUT2D eigenvalue weighted by atomic mass is 16.4. The highest BCUT2D eigenvalue weighted by Crippen LogP contribution is 2.06. The smallest absolute Gasteiger partial charge is 0.326 e. The zero-order valence-electron chi connectivity index (χ0n) is 17.3. The van der Waals surface area contributed by atoms with Crippen LogP contribution in [0.25, 0.3) is 0 Å². The lowest BCUT2D eigenvalue weighted by atomic mass is 10.0. The number of hydrogen-bond acceptors (Lipinski definition) is 7. The van der Waals surface area contributed by atoms with Crippen LogP contribution >= 0.6 is 0 Å². The Hall–Kier alpha value is -2.73. The van der Waals surface area contributed by atoms with Gasteiger partial charge in [-0.05, 0) is 38.1 Å². The fraction of sp³-hybridized carbons (Fsp3) is 0.722. The number of amides is 3. The summed E-state index contributed by atoms with van der Waals surface area (Å²) >= 11 is 0. The fourth-order valence-electron chi connectivity index (χ4n) is 2.48. The molecule has 30 heavy (non-hydrogen) atoms. The zero-order valence-corrected chi connectivity index (χ0v) is 17.3. The molecule has 172 valence electrons. The lowest BCUT2D eigenvalue weighted by Crippen LogP contribution is -2.54. The fourth-order valence-corrected chi connectivity index (χ4v) is 2.48. The van der Waals surface area contributed by atoms with E-state index in [1.54, 1.807) is 13.8 Å². The molecule has 3 atom stereocenters. The van der Waals surface area contributed by atoms with E-state index < -0.39 is 54.3 Å². The van der Waals surface area contributed by atoms with Crippen molar-refractivity contribution in [2.45, 2.75) is 64.1 Å². The van der Waals surface area contributed by atoms with E-state index in [4.69, 9.17) is 16.6 Å². The van der Waals surface area contributed by atoms with E-state index in [1.165, 1.54) is 0 Å². The number of hydrogen-bond donors (Lipinski definition) is 7. The minimum absolute atomic E-state index is 0.0846. The molecule has 0 fully saturated rings. The molecule has 12 nitrogen and oxygen atoms in total. The van der Waals surface area contributed by atoms with E-state index in [1.807, 2.05) is 0 Å². The number of carboxylic acid groups (broad SMARTS) is 2. The van der Waals surface area contributed by atoms with Crippen molar-refractivity contribution >= 4 is 29.7 Å². The monoisotopic (exact) mass is 431 g/mol. The predicted octanol–water partition coefficient (Wildman–Crippen LogP) is -1.87. The van der Waals surface area contributed by atoms with E-state index in [0.717, 1.165) is 0 Å². The van der Waals surface area contributed by atoms with Gasteiger partial charge in [0.15, 0.2) is 0 Å². The first-order valence-electron chi connectivity index (χ1n) is 9.77. The molecule has 0 aromatic carbocycles. The van der Waals surface area contributed by atoms with Gasteiger partial charge >= 0.3 is 11.9 Å². The second-order valence-electron chi connectivity index (χ2n) is 7.23. The van der Waals surface area contributed by atoms with Crippen LogP contribution in [0.4, 0.5) is 0 Å². The summed E-state index contributed by atoms with van der Waals surface area (Å²) in [6.07, 6.45) is 1.01. The molecule has 0 spiro atoms. The van der Waals surface area contributed by atoms with E-state index in [9.17, 15) is 29.1 Å². The molecular weight excluding hydrogens is 398 g/mol. The zero-order chi connectivity index (χ0) is 23.3. The van der Waals surface area contributed by atoms with Crippen molar-refractivity contribution in [1.82, 2.24) is 16.0 Å². The molecule has 0 aliphatic rings. The van der Waals surface area contributed by atoms with Gasteiger partial charge in [0.2, 0.25) is 17.7 Å². The third kappa shape index (κ3) is 11.3. The highest BCUT2D eigenvalue weighted by Gasteiger charge is 2.28. The van der Waals surface area contributed by atoms with Crippen molar-refractivity contribution in [2.75, 3.05) is 13.1 Å². The summed E-state index contributed by atoms with van der Waals surface area (Å²) < 4.78 is 0. The van der Waals surface area contributed by atoms with Crippen molar-refractivity contribution < 1.29 is 34.2 Å². The largest absolute Gasteiger partial charge is 0.481 e. The Kier molecular flexibility index (Phi) is 13.0. The van der Waals surface area contributed by atoms with Gasteiger partial charge in [-0.3, -0.25) is 19.2 Å². The highest BCUT2D eigenvalue weighted by molar-refractivity contribution is 5.92. The molecule has 0 saturated carbocycles. The normalized spacial score (nSPS) is 13.8. The molecule has 0 aromatic heterocycles. The summed E-state index contributed by atoms with van der Waals surface area (Å²) in [6.45, 7) is 3.22. The maximum atomic E-state index is 12.5. The summed E-state index contributed by atoms with van der Waals surface area (Å²) in [5.41, 5.74) is 11.0. The summed E-state index contributed by atoms with van der Waals surface area (Å²) in [7, 11) is 0. The van der Waals surface area contributed by atoms with Crippen molar-refractivity contribution in [2.24, 2.45) is 17.4 Å². The first-order chi connectivity index (χ1) is 14.0. The molecule has 0 aliphatic heterocycles. The lowest BCUT2D eigenvalue weighted by molar-refractivity contribution is -0.143. The summed E-state index contributed by atoms with van der Waals surface area (Å²) in [5.74, 6) is -4.65. The van der Waals surface area contributed by atoms with Crippen molar-refractivity contribution in [3.63, 3.8) is 0 Å². The standard InChI is InChI=1S/C18H33N5O7/c1-10(2)15(18(29)30)23-17(28)12(5-3-4-8-19)22-13(24)9-21-16(27)11(20)6-7-14(25)26/h10-12,15H,3-9,19-20H2,1-2H3,(H,21,27)(H,22,24)(H,23,28)(H,25,26)(H,29,30). The summed E-state index contributed by atoms with van der Waals surface area (Å²) in [6, 6.07) is -3.19. The van der Waals surface area contributed by atoms with Crippen molar-refractivity contribution in [3.05, 3.63) is 0 Å². The maximum Gasteiger partial charge on any atom is 0.326 e. The molecule has 0 saturated heterocycles. The van der Waals surface area contributed by atoms with Crippen LogP contribution in [0.3, 0.4) is 0 Å². The van der Waals surface area contributed by atoms with E-state index >= 15 is 0 Å². The number of carboxylic acids is 2. The molecule has 0 rings (SSSR count). The third-order valence-electron chi connectivity index (χ3n) is 4.26. The van der Waals surface area contributed by atoms with Crippen LogP contribution in [-0.4, -0.2) is 71.1 Å². The first-order valence-corrected chi connectivity index (χ1v) is 9.77. The Morgan fingerprint density at radius 2 is 1.57 bits per heavy atom. The average Bonchev–Trinajstić information content (AvgIpc) is 2.66. The Bertz CT molecular complexity index is 612. The molecule has 0 aromatic rings. The molecule has 0 heterocycles. The molecule has 3 amide bonds. The number of rotatable bonds is 15. The second kappa shape index (κ2) is 14.3. The minimum Gasteiger partial charge on any atom is -0.481 e. The Balaban J connectivity index is 4.84. The topological polar surface area (TPSA) is 214 Å². The van der Waals surface area contributed by atoms with Gasteiger partial charge in [-0.2, -0.15) is 0 Å². The summed E-state index contributed by atoms with van der Waals surface area (Å²) in [5, 5.41) is 25.0. The van der Waals surface area contributed by atoms with Gasteiger partial charge in [0.25, 0.3) is 0 Å². The molecule has 0 radical (unpaired) electrons. The Morgan fingerprint density at radius 3 is 2.07 bits per heavy atom. The number of aliphatic carboxylic acids is 2. The quantitative estimate of drug-likeness (QED) is 0.144. The molecule has 3 unspecified atom stereocenters. The van der Waals surface area contributed by atoms with Crippen LogP contribution in [0, 0.1) is 5.92 Å². The number of nitrogens with two attached hydrogens (primary N) is 2. The van der Waals surface area contributed by atoms with Gasteiger partial charge in [0, 0.05) is 6.42 Å². The number of nitrogens with one attached hydrogen (secondary N) is 3. The maximum absolute atomic E-state index is 12.5. The summed E-state index contributed by atoms with van der Waals surface area (Å²) in [4.78, 5) is 58.3. The lowest BCUT2D eigenvalue weighted by Gasteiger charge is -2.23. The molecule has 9 N–H and O–H groups in total. The van der Waals surface area contributed by atoms with Gasteiger partial charge in [-0.15, -0.1) is 0 Å². The van der Waals surface area contributed by atoms with E-state index in [0.29, 0.717) is 19.4 Å². The van der Waals surface area contributed by atoms with Gasteiger partial charge in [-0.1, -0.05) is 13.8 Å². The van der Waals surface area contributed by atoms with E-state index in [2.05, 4.69) is 16.0 Å². The number of carbonyl (C=O) groups excluding carboxylic acids is 3. The second-order valence-corrected chi connectivity index (χ2v) is 7.23. The average molecular weight is 431 g/mol. The third-order valence-corrected chi connectivity index (χ3v) is 4.26. The van der Waals surface area contributed by atoms with Gasteiger partial charge in [0.05, 0.1) is 12.6 Å². The van der Waals surface area contributed by atoms with Crippen LogP contribution in [-0.2, 0) is 24.0 Å². The molecule has 12 heteroatoms. The molecule has 0 aliphatic carbocycles. The van der Waals surface area contributed by atoms with Crippen LogP contribution in [0.5, 0.6) is 0 Å². The van der Waals surface area contributed by atoms with Crippen LogP contribution < -0.4 is 27.4 Å². The number of carbonyl (C=O) groups is 5. The van der Waals surface area contributed by atoms with Crippen molar-refractivity contribution in [3.8, 4) is 0 Å². The van der Waals surface area contributed by atoms with Gasteiger partial charge in [-0.25, -0.2) is 4.79 Å². The predicted molar refractivity (Wildman–Crippen MR) is 107 cm³/mol. The van der Waals surface area contributed by atoms with Crippen LogP contribution in [0.2, 0.25) is 0 Å². The van der Waals surface area contributed by atoms with Gasteiger partial charge in [0.1, 0.15) is 12.1 Å². The number of unbranched alkanes of at least 4 members (excludes halogenated alkanes) is 1. The van der Waals surface area contributed by atoms with Crippen LogP contribution in [0.15, 0.2) is 0 Å². The molecular formula is C18H33N5O7. The SMILES string of the molecule is CC(C)C(NC(=O)C(CCCCN)NC(=O)CNC(=O)C(N)CCC(=O)O)C(=O)O. The van der Waals surface area contributed by atoms with E-state index in [-0.39, 0.29) is 25.2 Å². The van der Waals surface area contributed by atoms with Crippen LogP contribution in [0.1, 0.15) is 46.0 Å². The Labute approximate surface area is 175 Å². The van der Waals surface area contributed by atoms with Gasteiger partial charge < -0.3 is 37.6 Å². The Morgan fingerprint density at radius 1 is 0.933 bits per heavy atom.